The number of amides is 1. The second-order valence-electron chi connectivity index (χ2n) is 6.84. The molecular weight excluding hydrogens is 417 g/mol. The summed E-state index contributed by atoms with van der Waals surface area (Å²) in [7, 11) is 1.60. The maximum absolute atomic E-state index is 13.1. The van der Waals surface area contributed by atoms with E-state index in [1.165, 1.54) is 12.1 Å². The molecule has 156 valence electrons. The summed E-state index contributed by atoms with van der Waals surface area (Å²) in [6, 6.07) is 22.2. The number of aromatic nitrogens is 2. The van der Waals surface area contributed by atoms with Crippen LogP contribution in [0.25, 0.3) is 16.9 Å². The predicted octanol–water partition coefficient (Wildman–Crippen LogP) is 5.27. The van der Waals surface area contributed by atoms with E-state index >= 15 is 0 Å². The first kappa shape index (κ1) is 20.6. The first-order valence-electron chi connectivity index (χ1n) is 9.56. The zero-order valence-electron chi connectivity index (χ0n) is 16.7. The van der Waals surface area contributed by atoms with Crippen LogP contribution in [0.15, 0.2) is 78.9 Å². The highest BCUT2D eigenvalue weighted by molar-refractivity contribution is 6.30. The van der Waals surface area contributed by atoms with E-state index in [-0.39, 0.29) is 18.3 Å². The first-order chi connectivity index (χ1) is 15.0. The van der Waals surface area contributed by atoms with E-state index in [2.05, 4.69) is 10.4 Å². The van der Waals surface area contributed by atoms with Crippen LogP contribution in [0.3, 0.4) is 0 Å². The van der Waals surface area contributed by atoms with Crippen LogP contribution in [0.5, 0.6) is 5.75 Å². The zero-order valence-corrected chi connectivity index (χ0v) is 17.4. The van der Waals surface area contributed by atoms with Crippen LogP contribution in [-0.2, 0) is 6.54 Å². The van der Waals surface area contributed by atoms with Crippen LogP contribution < -0.4 is 10.1 Å². The van der Waals surface area contributed by atoms with Crippen LogP contribution in [0.2, 0.25) is 5.02 Å². The molecule has 0 radical (unpaired) electrons. The second-order valence-corrected chi connectivity index (χ2v) is 7.28. The van der Waals surface area contributed by atoms with Gasteiger partial charge in [-0.15, -0.1) is 0 Å². The van der Waals surface area contributed by atoms with E-state index in [1.54, 1.807) is 54.3 Å². The van der Waals surface area contributed by atoms with Crippen molar-refractivity contribution < 1.29 is 13.9 Å². The Morgan fingerprint density at radius 2 is 1.71 bits per heavy atom. The molecule has 0 bridgehead atoms. The fourth-order valence-corrected chi connectivity index (χ4v) is 3.23. The van der Waals surface area contributed by atoms with Gasteiger partial charge in [0.05, 0.1) is 18.5 Å². The Labute approximate surface area is 184 Å². The highest BCUT2D eigenvalue weighted by Crippen LogP contribution is 2.24. The summed E-state index contributed by atoms with van der Waals surface area (Å²) in [5.41, 5.74) is 3.36. The fourth-order valence-electron chi connectivity index (χ4n) is 3.10. The summed E-state index contributed by atoms with van der Waals surface area (Å²) >= 11 is 6.01. The predicted molar refractivity (Wildman–Crippen MR) is 118 cm³/mol. The molecule has 3 aromatic carbocycles. The summed E-state index contributed by atoms with van der Waals surface area (Å²) in [6.07, 6.45) is 0. The van der Waals surface area contributed by atoms with Gasteiger partial charge in [0, 0.05) is 17.1 Å². The second kappa shape index (κ2) is 9.02. The highest BCUT2D eigenvalue weighted by atomic mass is 35.5. The third-order valence-electron chi connectivity index (χ3n) is 4.77. The number of methoxy groups -OCH3 is 1. The minimum absolute atomic E-state index is 0.267. The van der Waals surface area contributed by atoms with E-state index in [4.69, 9.17) is 16.3 Å². The molecule has 1 amide bonds. The third kappa shape index (κ3) is 4.75. The molecular formula is C24H19ClFN3O2. The van der Waals surface area contributed by atoms with Crippen LogP contribution in [-0.4, -0.2) is 22.8 Å². The Morgan fingerprint density at radius 1 is 1.03 bits per heavy atom. The van der Waals surface area contributed by atoms with Gasteiger partial charge in [-0.3, -0.25) is 4.79 Å². The van der Waals surface area contributed by atoms with Crippen LogP contribution in [0.1, 0.15) is 16.1 Å². The molecule has 1 heterocycles. The molecule has 0 saturated heterocycles. The van der Waals surface area contributed by atoms with Gasteiger partial charge in [0.15, 0.2) is 0 Å². The Bertz CT molecular complexity index is 1190. The smallest absolute Gasteiger partial charge is 0.270 e. The van der Waals surface area contributed by atoms with Gasteiger partial charge in [-0.05, 0) is 72.3 Å². The monoisotopic (exact) mass is 435 g/mol. The normalized spacial score (nSPS) is 10.7. The molecule has 0 spiro atoms. The van der Waals surface area contributed by atoms with Crippen molar-refractivity contribution in [2.75, 3.05) is 7.11 Å². The SMILES string of the molecule is COc1ccc(-c2cc(C(=O)NCc3ccc(F)cc3)n(-c3ccc(Cl)cc3)n2)cc1. The number of nitrogens with one attached hydrogen (secondary N) is 1. The number of carbonyl (C=O) groups excluding carboxylic acids is 1. The van der Waals surface area contributed by atoms with E-state index in [0.29, 0.717) is 22.1 Å². The number of benzene rings is 3. The maximum Gasteiger partial charge on any atom is 0.270 e. The van der Waals surface area contributed by atoms with Gasteiger partial charge in [0.2, 0.25) is 0 Å². The number of ether oxygens (including phenoxy) is 1. The minimum atomic E-state index is -0.319. The fraction of sp³-hybridized carbons (Fsp3) is 0.0833. The molecule has 0 aliphatic carbocycles. The molecule has 0 atom stereocenters. The molecule has 0 fully saturated rings. The topological polar surface area (TPSA) is 56.1 Å². The number of hydrogen-bond acceptors (Lipinski definition) is 3. The number of hydrogen-bond donors (Lipinski definition) is 1. The molecule has 7 heteroatoms. The standard InChI is InChI=1S/C24H19ClFN3O2/c1-31-21-12-4-17(5-13-21)22-14-23(29(28-22)20-10-6-18(25)7-11-20)24(30)27-15-16-2-8-19(26)9-3-16/h2-14H,15H2,1H3,(H,27,30). The molecule has 1 aromatic heterocycles. The van der Waals surface area contributed by atoms with Gasteiger partial charge in [-0.1, -0.05) is 23.7 Å². The number of carbonyl (C=O) groups is 1. The van der Waals surface area contributed by atoms with Gasteiger partial charge in [0.25, 0.3) is 5.91 Å². The van der Waals surface area contributed by atoms with E-state index < -0.39 is 0 Å². The molecule has 4 rings (SSSR count). The number of rotatable bonds is 6. The zero-order chi connectivity index (χ0) is 21.8. The summed E-state index contributed by atoms with van der Waals surface area (Å²) in [6.45, 7) is 0.267. The minimum Gasteiger partial charge on any atom is -0.497 e. The lowest BCUT2D eigenvalue weighted by Gasteiger charge is -2.09. The quantitative estimate of drug-likeness (QED) is 0.449. The molecule has 4 aromatic rings. The van der Waals surface area contributed by atoms with Crippen LogP contribution >= 0.6 is 11.6 Å². The molecule has 0 aliphatic rings. The van der Waals surface area contributed by atoms with Crippen molar-refractivity contribution in [1.29, 1.82) is 0 Å². The molecule has 1 N–H and O–H groups in total. The number of nitrogens with zero attached hydrogens (tertiary/aromatic N) is 2. The third-order valence-corrected chi connectivity index (χ3v) is 5.02. The summed E-state index contributed by atoms with van der Waals surface area (Å²) in [4.78, 5) is 13.0. The van der Waals surface area contributed by atoms with Gasteiger partial charge >= 0.3 is 0 Å². The average Bonchev–Trinajstić information content (AvgIpc) is 3.24. The van der Waals surface area contributed by atoms with E-state index in [1.807, 2.05) is 24.3 Å². The maximum atomic E-state index is 13.1. The van der Waals surface area contributed by atoms with Crippen molar-refractivity contribution in [3.05, 3.63) is 101 Å². The highest BCUT2D eigenvalue weighted by Gasteiger charge is 2.18. The Hall–Kier alpha value is -3.64. The Kier molecular flexibility index (Phi) is 6.00. The van der Waals surface area contributed by atoms with Crippen molar-refractivity contribution in [1.82, 2.24) is 15.1 Å². The van der Waals surface area contributed by atoms with Crippen LogP contribution in [0.4, 0.5) is 4.39 Å². The molecule has 31 heavy (non-hydrogen) atoms. The number of halogens is 2. The van der Waals surface area contributed by atoms with Crippen molar-refractivity contribution in [3.63, 3.8) is 0 Å². The molecule has 0 saturated carbocycles. The molecule has 0 aliphatic heterocycles. The Morgan fingerprint density at radius 3 is 2.35 bits per heavy atom. The van der Waals surface area contributed by atoms with Crippen molar-refractivity contribution in [3.8, 4) is 22.7 Å². The van der Waals surface area contributed by atoms with Crippen molar-refractivity contribution >= 4 is 17.5 Å². The Balaban J connectivity index is 1.66. The van der Waals surface area contributed by atoms with E-state index in [9.17, 15) is 9.18 Å². The average molecular weight is 436 g/mol. The summed E-state index contributed by atoms with van der Waals surface area (Å²) in [5, 5.41) is 8.11. The first-order valence-corrected chi connectivity index (χ1v) is 9.94. The van der Waals surface area contributed by atoms with E-state index in [0.717, 1.165) is 16.9 Å². The lowest BCUT2D eigenvalue weighted by Crippen LogP contribution is -2.25. The van der Waals surface area contributed by atoms with Gasteiger partial charge < -0.3 is 10.1 Å². The largest absolute Gasteiger partial charge is 0.497 e. The molecule has 5 nitrogen and oxygen atoms in total. The van der Waals surface area contributed by atoms with Crippen LogP contribution in [0, 0.1) is 5.82 Å². The van der Waals surface area contributed by atoms with Crippen molar-refractivity contribution in [2.45, 2.75) is 6.54 Å². The van der Waals surface area contributed by atoms with Gasteiger partial charge in [-0.25, -0.2) is 9.07 Å². The lowest BCUT2D eigenvalue weighted by atomic mass is 10.1. The summed E-state index contributed by atoms with van der Waals surface area (Å²) in [5.74, 6) is 0.115. The summed E-state index contributed by atoms with van der Waals surface area (Å²) < 4.78 is 19.9. The lowest BCUT2D eigenvalue weighted by molar-refractivity contribution is 0.0943. The van der Waals surface area contributed by atoms with Gasteiger partial charge in [0.1, 0.15) is 17.3 Å². The van der Waals surface area contributed by atoms with Crippen molar-refractivity contribution in [2.24, 2.45) is 0 Å². The molecule has 0 unspecified atom stereocenters. The van der Waals surface area contributed by atoms with Gasteiger partial charge in [-0.2, -0.15) is 5.10 Å².